The molecule has 31 heavy (non-hydrogen) atoms. The number of carbonyl (C=O) groups excluding carboxylic acids is 1. The van der Waals surface area contributed by atoms with E-state index in [1.807, 2.05) is 0 Å². The van der Waals surface area contributed by atoms with Gasteiger partial charge in [-0.3, -0.25) is 4.79 Å². The minimum absolute atomic E-state index is 0.314. The van der Waals surface area contributed by atoms with Crippen LogP contribution < -0.4 is 20.5 Å². The van der Waals surface area contributed by atoms with Crippen LogP contribution in [0.3, 0.4) is 0 Å². The monoisotopic (exact) mass is 459 g/mol. The van der Waals surface area contributed by atoms with Crippen molar-refractivity contribution in [3.05, 3.63) is 63.3 Å². The van der Waals surface area contributed by atoms with E-state index < -0.39 is 11.9 Å². The van der Waals surface area contributed by atoms with Crippen molar-refractivity contribution in [3.63, 3.8) is 0 Å². The van der Waals surface area contributed by atoms with Crippen molar-refractivity contribution in [1.29, 1.82) is 0 Å². The molecule has 10 heteroatoms. The van der Waals surface area contributed by atoms with E-state index in [0.29, 0.717) is 55.7 Å². The topological polar surface area (TPSA) is 104 Å². The predicted octanol–water partition coefficient (Wildman–Crippen LogP) is 4.04. The number of anilines is 1. The third-order valence-electron chi connectivity index (χ3n) is 5.00. The summed E-state index contributed by atoms with van der Waals surface area (Å²) in [5.74, 6) is 1.42. The molecule has 1 aromatic heterocycles. The number of amides is 1. The Morgan fingerprint density at radius 2 is 1.84 bits per heavy atom. The van der Waals surface area contributed by atoms with Gasteiger partial charge in [0, 0.05) is 22.9 Å². The van der Waals surface area contributed by atoms with E-state index in [-0.39, 0.29) is 0 Å². The van der Waals surface area contributed by atoms with Crippen molar-refractivity contribution in [2.24, 2.45) is 5.73 Å². The van der Waals surface area contributed by atoms with E-state index in [1.165, 1.54) is 0 Å². The van der Waals surface area contributed by atoms with Gasteiger partial charge in [0.15, 0.2) is 5.82 Å². The number of fused-ring (bicyclic) bond motifs is 1. The van der Waals surface area contributed by atoms with Gasteiger partial charge in [0.05, 0.1) is 29.8 Å². The first-order valence-corrected chi connectivity index (χ1v) is 10.0. The average molecular weight is 460 g/mol. The molecule has 0 bridgehead atoms. The molecule has 1 atom stereocenters. The van der Waals surface area contributed by atoms with Gasteiger partial charge >= 0.3 is 0 Å². The van der Waals surface area contributed by atoms with Gasteiger partial charge in [-0.1, -0.05) is 35.3 Å². The minimum atomic E-state index is -0.700. The standard InChI is InChI=1S/C21H19Cl2N5O3/c1-10-16(19(24)29)18(14-5-4-6-15(22)17(14)23)28-21(25-10)26-20(27-28)11-7-12(30-2)9-13(8-11)31-3/h4-9,18H,1-3H3,(H2,24,29)(H,25,26,27). The first kappa shape index (κ1) is 21.0. The Balaban J connectivity index is 1.91. The van der Waals surface area contributed by atoms with Crippen LogP contribution in [0.15, 0.2) is 47.7 Å². The molecular formula is C21H19Cl2N5O3. The van der Waals surface area contributed by atoms with Crippen LogP contribution in [-0.4, -0.2) is 34.9 Å². The Kier molecular flexibility index (Phi) is 5.51. The molecule has 1 unspecified atom stereocenters. The van der Waals surface area contributed by atoms with Crippen LogP contribution >= 0.6 is 23.2 Å². The van der Waals surface area contributed by atoms with Crippen molar-refractivity contribution >= 4 is 35.1 Å². The number of carbonyl (C=O) groups is 1. The van der Waals surface area contributed by atoms with Gasteiger partial charge in [-0.05, 0) is 25.1 Å². The van der Waals surface area contributed by atoms with Gasteiger partial charge in [0.2, 0.25) is 11.9 Å². The molecule has 4 rings (SSSR count). The Morgan fingerprint density at radius 1 is 1.16 bits per heavy atom. The third-order valence-corrected chi connectivity index (χ3v) is 5.84. The van der Waals surface area contributed by atoms with Gasteiger partial charge in [-0.15, -0.1) is 5.10 Å². The van der Waals surface area contributed by atoms with Gasteiger partial charge < -0.3 is 20.5 Å². The molecule has 1 aliphatic rings. The van der Waals surface area contributed by atoms with Crippen molar-refractivity contribution in [3.8, 4) is 22.9 Å². The summed E-state index contributed by atoms with van der Waals surface area (Å²) in [7, 11) is 3.13. The molecule has 160 valence electrons. The number of nitrogens with two attached hydrogens (primary N) is 1. The molecule has 0 saturated heterocycles. The highest BCUT2D eigenvalue weighted by Gasteiger charge is 2.35. The number of benzene rings is 2. The quantitative estimate of drug-likeness (QED) is 0.596. The number of primary amides is 1. The first-order chi connectivity index (χ1) is 14.8. The largest absolute Gasteiger partial charge is 0.497 e. The Morgan fingerprint density at radius 3 is 2.45 bits per heavy atom. The Hall–Kier alpha value is -3.23. The number of rotatable bonds is 5. The highest BCUT2D eigenvalue weighted by Crippen LogP contribution is 2.41. The smallest absolute Gasteiger partial charge is 0.248 e. The fourth-order valence-corrected chi connectivity index (χ4v) is 3.96. The molecule has 0 fully saturated rings. The van der Waals surface area contributed by atoms with E-state index in [0.717, 1.165) is 0 Å². The van der Waals surface area contributed by atoms with Crippen molar-refractivity contribution in [1.82, 2.24) is 14.8 Å². The normalized spacial score (nSPS) is 15.3. The highest BCUT2D eigenvalue weighted by molar-refractivity contribution is 6.42. The second-order valence-electron chi connectivity index (χ2n) is 6.88. The molecule has 2 heterocycles. The second-order valence-corrected chi connectivity index (χ2v) is 7.66. The van der Waals surface area contributed by atoms with Crippen LogP contribution in [0.4, 0.5) is 5.95 Å². The Bertz CT molecular complexity index is 1200. The average Bonchev–Trinajstić information content (AvgIpc) is 3.18. The van der Waals surface area contributed by atoms with Crippen molar-refractivity contribution in [2.75, 3.05) is 19.5 Å². The van der Waals surface area contributed by atoms with E-state index >= 15 is 0 Å². The summed E-state index contributed by atoms with van der Waals surface area (Å²) in [5.41, 5.74) is 7.85. The second kappa shape index (κ2) is 8.13. The minimum Gasteiger partial charge on any atom is -0.497 e. The highest BCUT2D eigenvalue weighted by atomic mass is 35.5. The predicted molar refractivity (Wildman–Crippen MR) is 119 cm³/mol. The van der Waals surface area contributed by atoms with Gasteiger partial charge in [-0.2, -0.15) is 4.98 Å². The maximum absolute atomic E-state index is 12.4. The first-order valence-electron chi connectivity index (χ1n) is 9.25. The van der Waals surface area contributed by atoms with E-state index in [2.05, 4.69) is 15.4 Å². The van der Waals surface area contributed by atoms with Gasteiger partial charge in [-0.25, -0.2) is 4.68 Å². The molecule has 0 saturated carbocycles. The summed E-state index contributed by atoms with van der Waals surface area (Å²) in [4.78, 5) is 17.0. The molecule has 1 amide bonds. The number of ether oxygens (including phenoxy) is 2. The number of aromatic nitrogens is 3. The number of halogens is 2. The molecular weight excluding hydrogens is 441 g/mol. The van der Waals surface area contributed by atoms with Gasteiger partial charge in [0.25, 0.3) is 0 Å². The van der Waals surface area contributed by atoms with Crippen LogP contribution in [-0.2, 0) is 4.79 Å². The number of nitrogens with one attached hydrogen (secondary N) is 1. The maximum atomic E-state index is 12.4. The summed E-state index contributed by atoms with van der Waals surface area (Å²) in [6.07, 6.45) is 0. The number of nitrogens with zero attached hydrogens (tertiary/aromatic N) is 3. The molecule has 8 nitrogen and oxygen atoms in total. The lowest BCUT2D eigenvalue weighted by Gasteiger charge is -2.28. The Labute approximate surface area is 188 Å². The molecule has 0 radical (unpaired) electrons. The zero-order valence-corrected chi connectivity index (χ0v) is 18.5. The maximum Gasteiger partial charge on any atom is 0.248 e. The van der Waals surface area contributed by atoms with E-state index in [1.54, 1.807) is 62.2 Å². The molecule has 0 aliphatic carbocycles. The number of hydrogen-bond acceptors (Lipinski definition) is 6. The van der Waals surface area contributed by atoms with Crippen LogP contribution in [0.5, 0.6) is 11.5 Å². The lowest BCUT2D eigenvalue weighted by molar-refractivity contribution is -0.115. The SMILES string of the molecule is COc1cc(OC)cc(-c2nc3n(n2)C(c2cccc(Cl)c2Cl)C(C(N)=O)=C(C)N3)c1. The van der Waals surface area contributed by atoms with Crippen LogP contribution in [0.2, 0.25) is 10.0 Å². The van der Waals surface area contributed by atoms with Crippen LogP contribution in [0, 0.1) is 0 Å². The molecule has 3 N–H and O–H groups in total. The third kappa shape index (κ3) is 3.68. The van der Waals surface area contributed by atoms with E-state index in [9.17, 15) is 4.79 Å². The zero-order chi connectivity index (χ0) is 22.3. The molecule has 0 spiro atoms. The molecule has 3 aromatic rings. The van der Waals surface area contributed by atoms with Crippen molar-refractivity contribution < 1.29 is 14.3 Å². The fourth-order valence-electron chi connectivity index (χ4n) is 3.55. The number of methoxy groups -OCH3 is 2. The fraction of sp³-hybridized carbons (Fsp3) is 0.190. The molecule has 1 aliphatic heterocycles. The van der Waals surface area contributed by atoms with Crippen LogP contribution in [0.25, 0.3) is 11.4 Å². The lowest BCUT2D eigenvalue weighted by Crippen LogP contribution is -2.32. The van der Waals surface area contributed by atoms with Crippen LogP contribution in [0.1, 0.15) is 18.5 Å². The lowest BCUT2D eigenvalue weighted by atomic mass is 9.95. The number of hydrogen-bond donors (Lipinski definition) is 2. The summed E-state index contributed by atoms with van der Waals surface area (Å²) >= 11 is 12.7. The summed E-state index contributed by atoms with van der Waals surface area (Å²) in [6, 6.07) is 9.84. The molecule has 2 aromatic carbocycles. The van der Waals surface area contributed by atoms with Crippen molar-refractivity contribution in [2.45, 2.75) is 13.0 Å². The van der Waals surface area contributed by atoms with Gasteiger partial charge in [0.1, 0.15) is 17.5 Å². The number of allylic oxidation sites excluding steroid dienone is 1. The summed E-state index contributed by atoms with van der Waals surface area (Å²) < 4.78 is 12.3. The summed E-state index contributed by atoms with van der Waals surface area (Å²) in [5, 5.41) is 8.43. The summed E-state index contributed by atoms with van der Waals surface area (Å²) in [6.45, 7) is 1.75. The zero-order valence-electron chi connectivity index (χ0n) is 16.9. The van der Waals surface area contributed by atoms with E-state index in [4.69, 9.17) is 38.4 Å².